The van der Waals surface area contributed by atoms with Crippen LogP contribution in [0.15, 0.2) is 12.1 Å². The van der Waals surface area contributed by atoms with Crippen LogP contribution < -0.4 is 17.1 Å². The molecule has 0 aromatic heterocycles. The third kappa shape index (κ3) is 5.09. The molecule has 0 saturated heterocycles. The molecule has 0 spiro atoms. The molecule has 0 heterocycles. The number of carbonyl (C=O) groups is 1. The molecule has 4 nitrogen and oxygen atoms in total. The zero-order chi connectivity index (χ0) is 13.9. The zero-order valence-corrected chi connectivity index (χ0v) is 13.2. The van der Waals surface area contributed by atoms with Crippen molar-refractivity contribution in [1.82, 2.24) is 9.80 Å². The summed E-state index contributed by atoms with van der Waals surface area (Å²) in [6.45, 7) is 4.82. The van der Waals surface area contributed by atoms with Crippen LogP contribution >= 0.6 is 0 Å². The van der Waals surface area contributed by atoms with Crippen LogP contribution in [0.2, 0.25) is 0 Å². The molecule has 0 N–H and O–H groups in total. The second-order valence-corrected chi connectivity index (χ2v) is 5.04. The molecule has 108 valence electrons. The summed E-state index contributed by atoms with van der Waals surface area (Å²) in [7, 11) is 7.34. The number of benzene rings is 1. The molecule has 1 rings (SSSR count). The van der Waals surface area contributed by atoms with Gasteiger partial charge in [-0.1, -0.05) is 6.07 Å². The van der Waals surface area contributed by atoms with E-state index in [0.717, 1.165) is 17.7 Å². The molecule has 1 amide bonds. The fraction of sp³-hybridized carbons (Fsp3) is 0.500. The summed E-state index contributed by atoms with van der Waals surface area (Å²) in [5, 5.41) is 0. The van der Waals surface area contributed by atoms with Crippen molar-refractivity contribution in [1.29, 1.82) is 0 Å². The number of nitrogens with zero attached hydrogens (tertiary/aromatic N) is 2. The SMILES string of the molecule is Cc1cc(CN(C)C)c(OC(=O)N(C)C)cc1C.[Cl-]. The van der Waals surface area contributed by atoms with E-state index in [-0.39, 0.29) is 18.5 Å². The quantitative estimate of drug-likeness (QED) is 0.746. The molecule has 0 saturated carbocycles. The highest BCUT2D eigenvalue weighted by Gasteiger charge is 2.13. The molecule has 0 atom stereocenters. The third-order valence-electron chi connectivity index (χ3n) is 2.73. The minimum Gasteiger partial charge on any atom is -1.00 e. The van der Waals surface area contributed by atoms with Gasteiger partial charge >= 0.3 is 6.09 Å². The lowest BCUT2D eigenvalue weighted by Gasteiger charge is -2.18. The smallest absolute Gasteiger partial charge is 0.414 e. The minimum atomic E-state index is -0.349. The zero-order valence-electron chi connectivity index (χ0n) is 12.5. The van der Waals surface area contributed by atoms with Crippen molar-refractivity contribution in [2.24, 2.45) is 0 Å². The predicted molar refractivity (Wildman–Crippen MR) is 73.0 cm³/mol. The van der Waals surface area contributed by atoms with E-state index in [2.05, 4.69) is 17.9 Å². The third-order valence-corrected chi connectivity index (χ3v) is 2.73. The monoisotopic (exact) mass is 285 g/mol. The van der Waals surface area contributed by atoms with Crippen LogP contribution in [-0.2, 0) is 6.54 Å². The van der Waals surface area contributed by atoms with Gasteiger partial charge in [0.2, 0.25) is 0 Å². The number of ether oxygens (including phenoxy) is 1. The molecular weight excluding hydrogens is 264 g/mol. The van der Waals surface area contributed by atoms with Crippen LogP contribution in [0.3, 0.4) is 0 Å². The van der Waals surface area contributed by atoms with Crippen molar-refractivity contribution >= 4 is 6.09 Å². The molecular formula is C14H22ClN2O2-. The lowest BCUT2D eigenvalue weighted by molar-refractivity contribution is -0.00000908. The van der Waals surface area contributed by atoms with Gasteiger partial charge in [-0.25, -0.2) is 4.79 Å². The maximum Gasteiger partial charge on any atom is 0.414 e. The molecule has 19 heavy (non-hydrogen) atoms. The number of halogens is 1. The van der Waals surface area contributed by atoms with Crippen molar-refractivity contribution in [2.45, 2.75) is 20.4 Å². The standard InChI is InChI=1S/C14H22N2O2.ClH/c1-10-7-12(9-15(3)4)13(8-11(10)2)18-14(17)16(5)6;/h7-8H,9H2,1-6H3;1H/p-1. The van der Waals surface area contributed by atoms with Crippen LogP contribution in [0, 0.1) is 13.8 Å². The summed E-state index contributed by atoms with van der Waals surface area (Å²) < 4.78 is 5.40. The Kier molecular flexibility index (Phi) is 6.87. The first-order valence-corrected chi connectivity index (χ1v) is 5.95. The molecule has 0 bridgehead atoms. The summed E-state index contributed by atoms with van der Waals surface area (Å²) in [6.07, 6.45) is -0.349. The first kappa shape index (κ1) is 17.7. The molecule has 0 aliphatic carbocycles. The van der Waals surface area contributed by atoms with Gasteiger partial charge in [-0.2, -0.15) is 0 Å². The predicted octanol–water partition coefficient (Wildman–Crippen LogP) is -0.571. The van der Waals surface area contributed by atoms with Gasteiger partial charge in [0.05, 0.1) is 0 Å². The molecule has 1 aromatic carbocycles. The highest BCUT2D eigenvalue weighted by atomic mass is 35.5. The maximum atomic E-state index is 11.6. The number of hydrogen-bond acceptors (Lipinski definition) is 3. The van der Waals surface area contributed by atoms with Gasteiger partial charge in [0.15, 0.2) is 0 Å². The largest absolute Gasteiger partial charge is 1.00 e. The van der Waals surface area contributed by atoms with E-state index in [4.69, 9.17) is 4.74 Å². The van der Waals surface area contributed by atoms with E-state index < -0.39 is 0 Å². The summed E-state index contributed by atoms with van der Waals surface area (Å²) >= 11 is 0. The Hall–Kier alpha value is -1.26. The van der Waals surface area contributed by atoms with Crippen molar-refractivity contribution in [3.63, 3.8) is 0 Å². The molecule has 0 aliphatic rings. The van der Waals surface area contributed by atoms with Gasteiger partial charge in [-0.05, 0) is 45.1 Å². The fourth-order valence-corrected chi connectivity index (χ4v) is 1.59. The number of amides is 1. The van der Waals surface area contributed by atoms with E-state index >= 15 is 0 Å². The Balaban J connectivity index is 0.00000324. The summed E-state index contributed by atoms with van der Waals surface area (Å²) in [5.41, 5.74) is 3.36. The van der Waals surface area contributed by atoms with Crippen molar-refractivity contribution < 1.29 is 21.9 Å². The van der Waals surface area contributed by atoms with Crippen LogP contribution in [0.5, 0.6) is 5.75 Å². The van der Waals surface area contributed by atoms with Gasteiger partial charge in [0.1, 0.15) is 5.75 Å². The topological polar surface area (TPSA) is 32.8 Å². The average Bonchev–Trinajstić information content (AvgIpc) is 2.24. The summed E-state index contributed by atoms with van der Waals surface area (Å²) in [4.78, 5) is 15.1. The Morgan fingerprint density at radius 1 is 1.11 bits per heavy atom. The molecule has 0 unspecified atom stereocenters. The molecule has 0 radical (unpaired) electrons. The number of hydrogen-bond donors (Lipinski definition) is 0. The van der Waals surface area contributed by atoms with Crippen LogP contribution in [0.4, 0.5) is 4.79 Å². The molecule has 5 heteroatoms. The van der Waals surface area contributed by atoms with Crippen LogP contribution in [0.1, 0.15) is 16.7 Å². The van der Waals surface area contributed by atoms with Gasteiger partial charge in [-0.15, -0.1) is 0 Å². The second kappa shape index (κ2) is 7.36. The Morgan fingerprint density at radius 2 is 1.63 bits per heavy atom. The van der Waals surface area contributed by atoms with Gasteiger partial charge in [0.25, 0.3) is 0 Å². The summed E-state index contributed by atoms with van der Waals surface area (Å²) in [6, 6.07) is 4.00. The van der Waals surface area contributed by atoms with E-state index in [1.807, 2.05) is 27.1 Å². The first-order chi connectivity index (χ1) is 8.31. The lowest BCUT2D eigenvalue weighted by atomic mass is 10.0. The summed E-state index contributed by atoms with van der Waals surface area (Å²) in [5.74, 6) is 0.644. The van der Waals surface area contributed by atoms with E-state index in [1.54, 1.807) is 14.1 Å². The first-order valence-electron chi connectivity index (χ1n) is 5.95. The van der Waals surface area contributed by atoms with E-state index in [9.17, 15) is 4.79 Å². The van der Waals surface area contributed by atoms with Crippen LogP contribution in [0.25, 0.3) is 0 Å². The van der Waals surface area contributed by atoms with E-state index in [1.165, 1.54) is 10.5 Å². The van der Waals surface area contributed by atoms with Crippen molar-refractivity contribution in [3.8, 4) is 5.75 Å². The fourth-order valence-electron chi connectivity index (χ4n) is 1.59. The highest BCUT2D eigenvalue weighted by molar-refractivity contribution is 5.70. The number of aryl methyl sites for hydroxylation is 2. The Bertz CT molecular complexity index is 445. The normalized spacial score (nSPS) is 10.1. The van der Waals surface area contributed by atoms with Crippen molar-refractivity contribution in [3.05, 3.63) is 28.8 Å². The van der Waals surface area contributed by atoms with Gasteiger partial charge in [0, 0.05) is 26.2 Å². The van der Waals surface area contributed by atoms with Gasteiger partial charge < -0.3 is 26.9 Å². The van der Waals surface area contributed by atoms with Crippen LogP contribution in [-0.4, -0.2) is 44.1 Å². The average molecular weight is 286 g/mol. The number of rotatable bonds is 3. The molecule has 1 aromatic rings. The maximum absolute atomic E-state index is 11.6. The molecule has 0 aliphatic heterocycles. The lowest BCUT2D eigenvalue weighted by Crippen LogP contribution is -3.00. The van der Waals surface area contributed by atoms with E-state index in [0.29, 0.717) is 5.75 Å². The van der Waals surface area contributed by atoms with Gasteiger partial charge in [-0.3, -0.25) is 0 Å². The second-order valence-electron chi connectivity index (χ2n) is 5.04. The Morgan fingerprint density at radius 3 is 2.11 bits per heavy atom. The Labute approximate surface area is 121 Å². The molecule has 0 fully saturated rings. The highest BCUT2D eigenvalue weighted by Crippen LogP contribution is 2.24. The number of carbonyl (C=O) groups excluding carboxylic acids is 1. The minimum absolute atomic E-state index is 0. The van der Waals surface area contributed by atoms with Crippen molar-refractivity contribution in [2.75, 3.05) is 28.2 Å².